The maximum Gasteiger partial charge on any atom is 0.251 e. The first kappa shape index (κ1) is 20.1. The highest BCUT2D eigenvalue weighted by Crippen LogP contribution is 2.23. The summed E-state index contributed by atoms with van der Waals surface area (Å²) < 4.78 is 0. The Hall–Kier alpha value is -4.20. The molecule has 2 heterocycles. The molecule has 8 nitrogen and oxygen atoms in total. The molecule has 4 aromatic rings. The number of hydrogen-bond donors (Lipinski definition) is 4. The minimum atomic E-state index is -0.0904. The van der Waals surface area contributed by atoms with E-state index in [0.29, 0.717) is 24.5 Å². The largest absolute Gasteiger partial charge is 0.383 e. The third-order valence-electron chi connectivity index (χ3n) is 4.90. The van der Waals surface area contributed by atoms with Crippen LogP contribution in [0.2, 0.25) is 0 Å². The molecule has 0 aliphatic heterocycles. The molecule has 0 saturated heterocycles. The fourth-order valence-electron chi connectivity index (χ4n) is 3.23. The van der Waals surface area contributed by atoms with Crippen LogP contribution in [-0.2, 0) is 13.0 Å². The number of aromatic nitrogens is 3. The van der Waals surface area contributed by atoms with Crippen molar-refractivity contribution in [3.8, 4) is 0 Å². The maximum absolute atomic E-state index is 12.1. The van der Waals surface area contributed by atoms with Gasteiger partial charge in [-0.05, 0) is 47.9 Å². The molecule has 4 rings (SSSR count). The van der Waals surface area contributed by atoms with Gasteiger partial charge in [0.15, 0.2) is 0 Å². The quantitative estimate of drug-likeness (QED) is 0.366. The van der Waals surface area contributed by atoms with Gasteiger partial charge in [-0.3, -0.25) is 9.78 Å². The van der Waals surface area contributed by atoms with Gasteiger partial charge in [-0.2, -0.15) is 4.98 Å². The summed E-state index contributed by atoms with van der Waals surface area (Å²) in [4.78, 5) is 24.2. The van der Waals surface area contributed by atoms with Gasteiger partial charge in [0.25, 0.3) is 5.91 Å². The van der Waals surface area contributed by atoms with E-state index in [1.165, 1.54) is 0 Å². The molecule has 6 N–H and O–H groups in total. The van der Waals surface area contributed by atoms with Crippen LogP contribution in [0.4, 0.5) is 17.5 Å². The van der Waals surface area contributed by atoms with Crippen molar-refractivity contribution in [3.63, 3.8) is 0 Å². The van der Waals surface area contributed by atoms with Gasteiger partial charge >= 0.3 is 0 Å². The Morgan fingerprint density at radius 2 is 1.65 bits per heavy atom. The Labute approximate surface area is 179 Å². The van der Waals surface area contributed by atoms with Crippen LogP contribution in [-0.4, -0.2) is 27.4 Å². The number of carbonyl (C=O) groups is 1. The van der Waals surface area contributed by atoms with Crippen molar-refractivity contribution in [2.24, 2.45) is 0 Å². The molecule has 0 aliphatic rings. The van der Waals surface area contributed by atoms with Crippen LogP contribution in [0.25, 0.3) is 10.9 Å². The average molecular weight is 413 g/mol. The number of pyridine rings is 1. The fourth-order valence-corrected chi connectivity index (χ4v) is 3.23. The molecule has 1 amide bonds. The van der Waals surface area contributed by atoms with Crippen LogP contribution in [0, 0.1) is 0 Å². The van der Waals surface area contributed by atoms with Gasteiger partial charge in [-0.1, -0.05) is 24.3 Å². The summed E-state index contributed by atoms with van der Waals surface area (Å²) in [6.45, 7) is 1.24. The number of nitrogens with one attached hydrogen (secondary N) is 2. The van der Waals surface area contributed by atoms with Crippen molar-refractivity contribution in [3.05, 3.63) is 83.7 Å². The molecule has 2 aromatic heterocycles. The molecule has 0 saturated carbocycles. The van der Waals surface area contributed by atoms with Gasteiger partial charge in [0.1, 0.15) is 5.82 Å². The smallest absolute Gasteiger partial charge is 0.251 e. The normalized spacial score (nSPS) is 10.7. The zero-order valence-electron chi connectivity index (χ0n) is 16.9. The lowest BCUT2D eigenvalue weighted by Crippen LogP contribution is -2.25. The molecule has 0 radical (unpaired) electrons. The summed E-state index contributed by atoms with van der Waals surface area (Å²) in [7, 11) is 0. The standard InChI is InChI=1S/C23H23N7O/c24-21-19-13-18(5-6-20(19)29-23(25)30-21)28-14-16-3-1-15(2-4-16)7-12-27-22(31)17-8-10-26-11-9-17/h1-6,8-11,13,28H,7,12,14H2,(H,27,31)(H4,24,25,29,30). The van der Waals surface area contributed by atoms with Crippen LogP contribution >= 0.6 is 0 Å². The number of amides is 1. The van der Waals surface area contributed by atoms with Crippen LogP contribution in [0.3, 0.4) is 0 Å². The molecule has 0 spiro atoms. The second-order valence-electron chi connectivity index (χ2n) is 7.11. The highest BCUT2D eigenvalue weighted by Gasteiger charge is 2.06. The number of carbonyl (C=O) groups excluding carboxylic acids is 1. The molecule has 0 atom stereocenters. The van der Waals surface area contributed by atoms with Gasteiger partial charge < -0.3 is 22.1 Å². The van der Waals surface area contributed by atoms with Gasteiger partial charge in [0, 0.05) is 42.1 Å². The van der Waals surface area contributed by atoms with E-state index in [4.69, 9.17) is 11.5 Å². The lowest BCUT2D eigenvalue weighted by Gasteiger charge is -2.10. The first-order valence-corrected chi connectivity index (χ1v) is 9.91. The molecule has 156 valence electrons. The minimum absolute atomic E-state index is 0.0904. The summed E-state index contributed by atoms with van der Waals surface area (Å²) in [5.41, 5.74) is 16.2. The lowest BCUT2D eigenvalue weighted by molar-refractivity contribution is 0.0954. The van der Waals surface area contributed by atoms with Crippen molar-refractivity contribution < 1.29 is 4.79 Å². The zero-order chi connectivity index (χ0) is 21.6. The van der Waals surface area contributed by atoms with E-state index < -0.39 is 0 Å². The van der Waals surface area contributed by atoms with E-state index in [1.807, 2.05) is 18.2 Å². The number of nitrogens with two attached hydrogens (primary N) is 2. The van der Waals surface area contributed by atoms with E-state index in [2.05, 4.69) is 49.9 Å². The van der Waals surface area contributed by atoms with Crippen molar-refractivity contribution in [2.75, 3.05) is 23.3 Å². The molecule has 0 unspecified atom stereocenters. The highest BCUT2D eigenvalue weighted by molar-refractivity contribution is 5.94. The van der Waals surface area contributed by atoms with Crippen molar-refractivity contribution in [1.29, 1.82) is 0 Å². The third kappa shape index (κ3) is 5.05. The molecule has 2 aromatic carbocycles. The van der Waals surface area contributed by atoms with Crippen molar-refractivity contribution >= 4 is 34.3 Å². The van der Waals surface area contributed by atoms with Gasteiger partial charge in [-0.15, -0.1) is 0 Å². The first-order valence-electron chi connectivity index (χ1n) is 9.91. The topological polar surface area (TPSA) is 132 Å². The Morgan fingerprint density at radius 1 is 0.903 bits per heavy atom. The summed E-state index contributed by atoms with van der Waals surface area (Å²) in [6.07, 6.45) is 3.98. The van der Waals surface area contributed by atoms with Crippen LogP contribution in [0.5, 0.6) is 0 Å². The van der Waals surface area contributed by atoms with E-state index in [9.17, 15) is 4.79 Å². The Balaban J connectivity index is 1.29. The first-order chi connectivity index (χ1) is 15.1. The second-order valence-corrected chi connectivity index (χ2v) is 7.11. The second kappa shape index (κ2) is 9.08. The number of hydrogen-bond acceptors (Lipinski definition) is 7. The number of fused-ring (bicyclic) bond motifs is 1. The summed E-state index contributed by atoms with van der Waals surface area (Å²) >= 11 is 0. The molecular formula is C23H23N7O. The van der Waals surface area contributed by atoms with E-state index >= 15 is 0 Å². The Bertz CT molecular complexity index is 1190. The highest BCUT2D eigenvalue weighted by atomic mass is 16.1. The van der Waals surface area contributed by atoms with Crippen LogP contribution in [0.1, 0.15) is 21.5 Å². The molecular weight excluding hydrogens is 390 g/mol. The predicted octanol–water partition coefficient (Wildman–Crippen LogP) is 2.77. The van der Waals surface area contributed by atoms with Gasteiger partial charge in [0.2, 0.25) is 5.95 Å². The monoisotopic (exact) mass is 413 g/mol. The van der Waals surface area contributed by atoms with E-state index in [0.717, 1.165) is 34.1 Å². The zero-order valence-corrected chi connectivity index (χ0v) is 16.9. The van der Waals surface area contributed by atoms with Crippen molar-refractivity contribution in [2.45, 2.75) is 13.0 Å². The molecule has 0 fully saturated rings. The van der Waals surface area contributed by atoms with Crippen LogP contribution < -0.4 is 22.1 Å². The van der Waals surface area contributed by atoms with Crippen LogP contribution in [0.15, 0.2) is 67.0 Å². The SMILES string of the molecule is Nc1nc(N)c2cc(NCc3ccc(CCNC(=O)c4ccncc4)cc3)ccc2n1. The minimum Gasteiger partial charge on any atom is -0.383 e. The number of nitrogens with zero attached hydrogens (tertiary/aromatic N) is 3. The third-order valence-corrected chi connectivity index (χ3v) is 4.90. The number of benzene rings is 2. The molecule has 8 heteroatoms. The Morgan fingerprint density at radius 3 is 2.42 bits per heavy atom. The van der Waals surface area contributed by atoms with E-state index in [1.54, 1.807) is 24.5 Å². The summed E-state index contributed by atoms with van der Waals surface area (Å²) in [5, 5.41) is 7.08. The number of anilines is 3. The molecule has 0 aliphatic carbocycles. The predicted molar refractivity (Wildman–Crippen MR) is 122 cm³/mol. The Kier molecular flexibility index (Phi) is 5.89. The summed E-state index contributed by atoms with van der Waals surface area (Å²) in [6, 6.07) is 17.4. The van der Waals surface area contributed by atoms with E-state index in [-0.39, 0.29) is 11.9 Å². The molecule has 0 bridgehead atoms. The van der Waals surface area contributed by atoms with Crippen molar-refractivity contribution in [1.82, 2.24) is 20.3 Å². The average Bonchev–Trinajstić information content (AvgIpc) is 2.79. The summed E-state index contributed by atoms with van der Waals surface area (Å²) in [5.74, 6) is 0.446. The van der Waals surface area contributed by atoms with Gasteiger partial charge in [0.05, 0.1) is 5.52 Å². The number of nitrogen functional groups attached to an aromatic ring is 2. The van der Waals surface area contributed by atoms with Gasteiger partial charge in [-0.25, -0.2) is 4.98 Å². The fraction of sp³-hybridized carbons (Fsp3) is 0.130. The number of rotatable bonds is 7. The molecule has 31 heavy (non-hydrogen) atoms. The maximum atomic E-state index is 12.1. The lowest BCUT2D eigenvalue weighted by atomic mass is 10.1.